The normalized spacial score (nSPS) is 23.0. The highest BCUT2D eigenvalue weighted by molar-refractivity contribution is 5.68. The fraction of sp³-hybridized carbons (Fsp3) is 0.765. The zero-order chi connectivity index (χ0) is 17.5. The molecule has 0 aromatic carbocycles. The summed E-state index contributed by atoms with van der Waals surface area (Å²) in [4.78, 5) is 14.1. The number of nitrogens with two attached hydrogens (primary N) is 1. The van der Waals surface area contributed by atoms with Crippen LogP contribution in [0.5, 0.6) is 0 Å². The molecule has 0 bridgehead atoms. The van der Waals surface area contributed by atoms with Gasteiger partial charge < -0.3 is 15.4 Å². The molecule has 130 valence electrons. The predicted octanol–water partition coefficient (Wildman–Crippen LogP) is 2.82. The van der Waals surface area contributed by atoms with Gasteiger partial charge in [0.2, 0.25) is 0 Å². The third-order valence-corrected chi connectivity index (χ3v) is 3.96. The van der Waals surface area contributed by atoms with Crippen molar-refractivity contribution in [1.29, 1.82) is 0 Å². The van der Waals surface area contributed by atoms with Crippen LogP contribution in [0.2, 0.25) is 0 Å². The Labute approximate surface area is 139 Å². The van der Waals surface area contributed by atoms with Crippen LogP contribution in [0.1, 0.15) is 60.1 Å². The number of amides is 1. The minimum Gasteiger partial charge on any atom is -0.444 e. The number of carbonyl (C=O) groups is 1. The third-order valence-electron chi connectivity index (χ3n) is 3.96. The first-order valence-corrected chi connectivity index (χ1v) is 8.24. The average Bonchev–Trinajstić information content (AvgIpc) is 2.86. The van der Waals surface area contributed by atoms with Gasteiger partial charge in [-0.3, -0.25) is 4.68 Å². The van der Waals surface area contributed by atoms with Gasteiger partial charge >= 0.3 is 6.09 Å². The van der Waals surface area contributed by atoms with Crippen LogP contribution in [-0.4, -0.2) is 39.5 Å². The minimum absolute atomic E-state index is 0.153. The maximum Gasteiger partial charge on any atom is 0.410 e. The average molecular weight is 322 g/mol. The van der Waals surface area contributed by atoms with Crippen LogP contribution in [0.4, 0.5) is 4.79 Å². The van der Waals surface area contributed by atoms with Crippen molar-refractivity contribution in [3.63, 3.8) is 0 Å². The SMILES string of the molecule is CC(C)(C)OC(=O)N1CCCC(N)(c2ccnn2C(C)(C)C)C1. The Morgan fingerprint density at radius 3 is 2.52 bits per heavy atom. The topological polar surface area (TPSA) is 73.4 Å². The summed E-state index contributed by atoms with van der Waals surface area (Å²) in [5, 5.41) is 4.44. The van der Waals surface area contributed by atoms with Crippen LogP contribution < -0.4 is 5.73 Å². The summed E-state index contributed by atoms with van der Waals surface area (Å²) >= 11 is 0. The van der Waals surface area contributed by atoms with Crippen molar-refractivity contribution >= 4 is 6.09 Å². The molecule has 2 rings (SSSR count). The summed E-state index contributed by atoms with van der Waals surface area (Å²) in [6, 6.07) is 1.96. The van der Waals surface area contributed by atoms with Gasteiger partial charge in [0.15, 0.2) is 0 Å². The molecule has 0 saturated carbocycles. The number of nitrogens with zero attached hydrogens (tertiary/aromatic N) is 3. The van der Waals surface area contributed by atoms with E-state index in [0.717, 1.165) is 18.5 Å². The van der Waals surface area contributed by atoms with Crippen LogP contribution in [0.3, 0.4) is 0 Å². The van der Waals surface area contributed by atoms with E-state index in [1.54, 1.807) is 11.1 Å². The fourth-order valence-electron chi connectivity index (χ4n) is 2.99. The Bertz CT molecular complexity index is 568. The van der Waals surface area contributed by atoms with Crippen LogP contribution >= 0.6 is 0 Å². The summed E-state index contributed by atoms with van der Waals surface area (Å²) in [6.07, 6.45) is 3.16. The Kier molecular flexibility index (Phi) is 4.50. The molecule has 1 fully saturated rings. The number of hydrogen-bond acceptors (Lipinski definition) is 4. The molecule has 23 heavy (non-hydrogen) atoms. The highest BCUT2D eigenvalue weighted by atomic mass is 16.6. The molecule has 0 radical (unpaired) electrons. The van der Waals surface area contributed by atoms with Gasteiger partial charge in [-0.25, -0.2) is 4.79 Å². The van der Waals surface area contributed by atoms with Gasteiger partial charge in [0.25, 0.3) is 0 Å². The van der Waals surface area contributed by atoms with Crippen LogP contribution in [-0.2, 0) is 15.8 Å². The molecule has 1 aromatic rings. The lowest BCUT2D eigenvalue weighted by Crippen LogP contribution is -2.55. The van der Waals surface area contributed by atoms with E-state index in [-0.39, 0.29) is 11.6 Å². The number of ether oxygens (including phenoxy) is 1. The Hall–Kier alpha value is -1.56. The first-order valence-electron chi connectivity index (χ1n) is 8.24. The van der Waals surface area contributed by atoms with E-state index >= 15 is 0 Å². The first-order chi connectivity index (χ1) is 10.4. The van der Waals surface area contributed by atoms with Crippen molar-refractivity contribution < 1.29 is 9.53 Å². The molecule has 1 saturated heterocycles. The van der Waals surface area contributed by atoms with Crippen LogP contribution in [0.25, 0.3) is 0 Å². The second kappa shape index (κ2) is 5.82. The third kappa shape index (κ3) is 4.05. The minimum atomic E-state index is -0.598. The van der Waals surface area contributed by atoms with E-state index in [1.165, 1.54) is 0 Å². The Morgan fingerprint density at radius 2 is 1.96 bits per heavy atom. The van der Waals surface area contributed by atoms with E-state index in [2.05, 4.69) is 25.9 Å². The van der Waals surface area contributed by atoms with Crippen molar-refractivity contribution in [3.05, 3.63) is 18.0 Å². The second-order valence-electron chi connectivity index (χ2n) is 8.46. The molecule has 0 aliphatic carbocycles. The zero-order valence-corrected chi connectivity index (χ0v) is 15.2. The quantitative estimate of drug-likeness (QED) is 0.863. The van der Waals surface area contributed by atoms with E-state index in [0.29, 0.717) is 13.1 Å². The molecule has 2 heterocycles. The van der Waals surface area contributed by atoms with Gasteiger partial charge in [-0.05, 0) is 60.5 Å². The van der Waals surface area contributed by atoms with E-state index < -0.39 is 11.1 Å². The standard InChI is InChI=1S/C17H30N4O2/c1-15(2,3)21-13(8-10-19-21)17(18)9-7-11-20(12-17)14(22)23-16(4,5)6/h8,10H,7,9,11-12,18H2,1-6H3. The number of carbonyl (C=O) groups excluding carboxylic acids is 1. The monoisotopic (exact) mass is 322 g/mol. The second-order valence-corrected chi connectivity index (χ2v) is 8.46. The van der Waals surface area contributed by atoms with E-state index in [4.69, 9.17) is 10.5 Å². The van der Waals surface area contributed by atoms with E-state index in [9.17, 15) is 4.79 Å². The zero-order valence-electron chi connectivity index (χ0n) is 15.2. The van der Waals surface area contributed by atoms with Crippen molar-refractivity contribution in [2.24, 2.45) is 5.73 Å². The van der Waals surface area contributed by atoms with Gasteiger partial charge in [0, 0.05) is 19.3 Å². The summed E-state index contributed by atoms with van der Waals surface area (Å²) < 4.78 is 7.46. The van der Waals surface area contributed by atoms with Crippen LogP contribution in [0.15, 0.2) is 12.3 Å². The summed E-state index contributed by atoms with van der Waals surface area (Å²) in [5.41, 5.74) is 6.42. The van der Waals surface area contributed by atoms with Gasteiger partial charge in [-0.15, -0.1) is 0 Å². The van der Waals surface area contributed by atoms with Gasteiger partial charge in [0.1, 0.15) is 5.60 Å². The number of hydrogen-bond donors (Lipinski definition) is 1. The lowest BCUT2D eigenvalue weighted by molar-refractivity contribution is 0.0128. The number of likely N-dealkylation sites (tertiary alicyclic amines) is 1. The number of aromatic nitrogens is 2. The molecular weight excluding hydrogens is 292 g/mol. The highest BCUT2D eigenvalue weighted by Gasteiger charge is 2.40. The predicted molar refractivity (Wildman–Crippen MR) is 90.1 cm³/mol. The molecule has 1 aliphatic rings. The number of piperidine rings is 1. The molecule has 1 aliphatic heterocycles. The smallest absolute Gasteiger partial charge is 0.410 e. The van der Waals surface area contributed by atoms with Crippen molar-refractivity contribution in [2.75, 3.05) is 13.1 Å². The molecule has 1 unspecified atom stereocenters. The molecule has 1 amide bonds. The number of rotatable bonds is 1. The lowest BCUT2D eigenvalue weighted by Gasteiger charge is -2.41. The Morgan fingerprint density at radius 1 is 1.30 bits per heavy atom. The molecule has 6 heteroatoms. The van der Waals surface area contributed by atoms with Gasteiger partial charge in [-0.1, -0.05) is 0 Å². The summed E-state index contributed by atoms with van der Waals surface area (Å²) in [6.45, 7) is 13.0. The summed E-state index contributed by atoms with van der Waals surface area (Å²) in [7, 11) is 0. The maximum atomic E-state index is 12.4. The summed E-state index contributed by atoms with van der Waals surface area (Å²) in [5.74, 6) is 0. The maximum absolute atomic E-state index is 12.4. The van der Waals surface area contributed by atoms with Crippen molar-refractivity contribution in [1.82, 2.24) is 14.7 Å². The van der Waals surface area contributed by atoms with E-state index in [1.807, 2.05) is 31.5 Å². The lowest BCUT2D eigenvalue weighted by atomic mass is 9.86. The molecule has 0 spiro atoms. The van der Waals surface area contributed by atoms with Crippen molar-refractivity contribution in [3.8, 4) is 0 Å². The Balaban J connectivity index is 2.23. The first kappa shape index (κ1) is 17.8. The van der Waals surface area contributed by atoms with Crippen LogP contribution in [0, 0.1) is 0 Å². The largest absolute Gasteiger partial charge is 0.444 e. The molecule has 1 aromatic heterocycles. The fourth-order valence-corrected chi connectivity index (χ4v) is 2.99. The molecular formula is C17H30N4O2. The van der Waals surface area contributed by atoms with Gasteiger partial charge in [-0.2, -0.15) is 5.10 Å². The van der Waals surface area contributed by atoms with Gasteiger partial charge in [0.05, 0.1) is 16.8 Å². The molecule has 2 N–H and O–H groups in total. The molecule has 1 atom stereocenters. The van der Waals surface area contributed by atoms with Crippen molar-refractivity contribution in [2.45, 2.75) is 71.1 Å². The molecule has 6 nitrogen and oxygen atoms in total. The highest BCUT2D eigenvalue weighted by Crippen LogP contribution is 2.32.